The van der Waals surface area contributed by atoms with E-state index < -0.39 is 11.7 Å². The first kappa shape index (κ1) is 21.7. The zero-order chi connectivity index (χ0) is 23.2. The molecule has 0 fully saturated rings. The zero-order valence-electron chi connectivity index (χ0n) is 18.4. The number of hydrogen-bond acceptors (Lipinski definition) is 4. The lowest BCUT2D eigenvalue weighted by atomic mass is 9.99. The summed E-state index contributed by atoms with van der Waals surface area (Å²) in [6.45, 7) is 5.10. The molecule has 3 aliphatic heterocycles. The highest BCUT2D eigenvalue weighted by atomic mass is 19.4. The molecule has 3 aliphatic rings. The number of hydrogen-bond donors (Lipinski definition) is 0. The maximum Gasteiger partial charge on any atom is 0.416 e. The van der Waals surface area contributed by atoms with Crippen LogP contribution in [0.5, 0.6) is 0 Å². The van der Waals surface area contributed by atoms with E-state index in [1.165, 1.54) is 28.2 Å². The molecule has 5 nitrogen and oxygen atoms in total. The van der Waals surface area contributed by atoms with Crippen molar-refractivity contribution >= 4 is 11.9 Å². The molecule has 0 atom stereocenters. The van der Waals surface area contributed by atoms with E-state index in [1.807, 2.05) is 11.0 Å². The number of carbonyl (C=O) groups excluding carboxylic acids is 1. The van der Waals surface area contributed by atoms with Crippen LogP contribution in [0.15, 0.2) is 64.8 Å². The van der Waals surface area contributed by atoms with Crippen molar-refractivity contribution in [2.75, 3.05) is 26.2 Å². The molecule has 0 unspecified atom stereocenters. The molecule has 8 heteroatoms. The number of nitrogens with zero attached hydrogens (tertiary/aromatic N) is 4. The van der Waals surface area contributed by atoms with Crippen LogP contribution in [0.1, 0.15) is 28.7 Å². The van der Waals surface area contributed by atoms with Crippen molar-refractivity contribution in [1.29, 1.82) is 0 Å². The highest BCUT2D eigenvalue weighted by Crippen LogP contribution is 2.35. The minimum absolute atomic E-state index is 0.0735. The Labute approximate surface area is 190 Å². The monoisotopic (exact) mass is 454 g/mol. The number of aryl methyl sites for hydroxylation is 1. The van der Waals surface area contributed by atoms with Crippen LogP contribution in [-0.2, 0) is 24.1 Å². The lowest BCUT2D eigenvalue weighted by Gasteiger charge is -2.42. The molecule has 0 saturated heterocycles. The number of guanidine groups is 1. The lowest BCUT2D eigenvalue weighted by Crippen LogP contribution is -2.53. The third-order valence-electron chi connectivity index (χ3n) is 6.42. The van der Waals surface area contributed by atoms with Gasteiger partial charge in [-0.05, 0) is 24.1 Å². The van der Waals surface area contributed by atoms with Gasteiger partial charge in [0.05, 0.1) is 24.2 Å². The van der Waals surface area contributed by atoms with Crippen molar-refractivity contribution in [2.24, 2.45) is 4.99 Å². The molecule has 3 heterocycles. The van der Waals surface area contributed by atoms with Gasteiger partial charge in [0.15, 0.2) is 0 Å². The predicted octanol–water partition coefficient (Wildman–Crippen LogP) is 4.19. The van der Waals surface area contributed by atoms with E-state index in [1.54, 1.807) is 6.07 Å². The Morgan fingerprint density at radius 3 is 2.64 bits per heavy atom. The van der Waals surface area contributed by atoms with E-state index in [2.05, 4.69) is 35.0 Å². The maximum atomic E-state index is 13.6. The second kappa shape index (κ2) is 8.33. The number of fused-ring (bicyclic) bond motifs is 2. The third kappa shape index (κ3) is 4.15. The average molecular weight is 454 g/mol. The summed E-state index contributed by atoms with van der Waals surface area (Å²) in [4.78, 5) is 23.7. The smallest absolute Gasteiger partial charge is 0.314 e. The molecule has 2 aromatic rings. The number of aliphatic imine (C=N–C) groups is 1. The number of alkyl halides is 3. The van der Waals surface area contributed by atoms with Gasteiger partial charge in [0, 0.05) is 38.3 Å². The Bertz CT molecular complexity index is 1150. The van der Waals surface area contributed by atoms with Gasteiger partial charge >= 0.3 is 6.18 Å². The van der Waals surface area contributed by atoms with Gasteiger partial charge in [-0.15, -0.1) is 0 Å². The Morgan fingerprint density at radius 2 is 1.85 bits per heavy atom. The highest BCUT2D eigenvalue weighted by Gasteiger charge is 2.42. The summed E-state index contributed by atoms with van der Waals surface area (Å²) in [7, 11) is 0. The Balaban J connectivity index is 1.43. The lowest BCUT2D eigenvalue weighted by molar-refractivity contribution is -0.139. The topological polar surface area (TPSA) is 39.2 Å². The summed E-state index contributed by atoms with van der Waals surface area (Å²) in [5, 5.41) is 0. The van der Waals surface area contributed by atoms with Crippen LogP contribution >= 0.6 is 0 Å². The molecule has 1 amide bonds. The fourth-order valence-electron chi connectivity index (χ4n) is 4.92. The van der Waals surface area contributed by atoms with Crippen LogP contribution < -0.4 is 0 Å². The van der Waals surface area contributed by atoms with Gasteiger partial charge in [-0.3, -0.25) is 19.6 Å². The van der Waals surface area contributed by atoms with Crippen LogP contribution in [0.3, 0.4) is 0 Å². The summed E-state index contributed by atoms with van der Waals surface area (Å²) in [6, 6.07) is 13.7. The van der Waals surface area contributed by atoms with Crippen molar-refractivity contribution in [2.45, 2.75) is 32.6 Å². The van der Waals surface area contributed by atoms with E-state index in [4.69, 9.17) is 0 Å². The van der Waals surface area contributed by atoms with Crippen LogP contribution in [-0.4, -0.2) is 52.7 Å². The molecule has 0 bridgehead atoms. The van der Waals surface area contributed by atoms with Gasteiger partial charge in [-0.25, -0.2) is 0 Å². The van der Waals surface area contributed by atoms with Crippen molar-refractivity contribution in [3.05, 3.63) is 82.1 Å². The molecule has 0 saturated carbocycles. The molecule has 0 radical (unpaired) electrons. The molecule has 5 rings (SSSR count). The number of amides is 1. The standard InChI is InChI=1S/C25H25F3N4O/c1-17-5-4-6-18(13-17)14-30-11-9-22-20(16-30)23(33)32(24-29-10-12-31(22)24)15-19-7-2-3-8-21(19)25(26,27)28/h2-8,13H,9-12,14-16H2,1H3. The molecule has 0 spiro atoms. The van der Waals surface area contributed by atoms with E-state index >= 15 is 0 Å². The third-order valence-corrected chi connectivity index (χ3v) is 6.42. The second-order valence-corrected chi connectivity index (χ2v) is 8.75. The summed E-state index contributed by atoms with van der Waals surface area (Å²) in [5.74, 6) is 0.232. The first-order valence-corrected chi connectivity index (χ1v) is 11.1. The number of carbonyl (C=O) groups is 1. The Hall–Kier alpha value is -3.13. The molecular formula is C25H25F3N4O. The van der Waals surface area contributed by atoms with Gasteiger partial charge in [0.1, 0.15) is 0 Å². The predicted molar refractivity (Wildman–Crippen MR) is 119 cm³/mol. The van der Waals surface area contributed by atoms with Crippen molar-refractivity contribution in [3.63, 3.8) is 0 Å². The largest absolute Gasteiger partial charge is 0.416 e. The normalized spacial score (nSPS) is 19.0. The van der Waals surface area contributed by atoms with Crippen molar-refractivity contribution in [1.82, 2.24) is 14.7 Å². The number of benzene rings is 2. The Morgan fingerprint density at radius 1 is 1.03 bits per heavy atom. The average Bonchev–Trinajstić information content (AvgIpc) is 3.26. The van der Waals surface area contributed by atoms with Gasteiger partial charge in [-0.1, -0.05) is 48.0 Å². The summed E-state index contributed by atoms with van der Waals surface area (Å²) >= 11 is 0. The molecule has 0 aliphatic carbocycles. The van der Waals surface area contributed by atoms with Gasteiger partial charge in [0.25, 0.3) is 5.91 Å². The summed E-state index contributed by atoms with van der Waals surface area (Å²) in [5.41, 5.74) is 3.36. The van der Waals surface area contributed by atoms with Crippen LogP contribution in [0, 0.1) is 6.92 Å². The van der Waals surface area contributed by atoms with Gasteiger partial charge < -0.3 is 4.90 Å². The highest BCUT2D eigenvalue weighted by molar-refractivity contribution is 6.09. The minimum Gasteiger partial charge on any atom is -0.314 e. The Kier molecular flexibility index (Phi) is 5.48. The van der Waals surface area contributed by atoms with E-state index in [9.17, 15) is 18.0 Å². The molecule has 172 valence electrons. The molecule has 0 N–H and O–H groups in total. The maximum absolute atomic E-state index is 13.6. The van der Waals surface area contributed by atoms with E-state index in [-0.39, 0.29) is 18.0 Å². The van der Waals surface area contributed by atoms with Crippen molar-refractivity contribution < 1.29 is 18.0 Å². The van der Waals surface area contributed by atoms with Crippen molar-refractivity contribution in [3.8, 4) is 0 Å². The summed E-state index contributed by atoms with van der Waals surface area (Å²) < 4.78 is 40.7. The second-order valence-electron chi connectivity index (χ2n) is 8.75. The summed E-state index contributed by atoms with van der Waals surface area (Å²) in [6.07, 6.45) is -3.76. The molecule has 0 aromatic heterocycles. The number of rotatable bonds is 4. The quantitative estimate of drug-likeness (QED) is 0.696. The first-order chi connectivity index (χ1) is 15.8. The van der Waals surface area contributed by atoms with E-state index in [0.29, 0.717) is 31.2 Å². The van der Waals surface area contributed by atoms with Gasteiger partial charge in [0.2, 0.25) is 5.96 Å². The van der Waals surface area contributed by atoms with Gasteiger partial charge in [-0.2, -0.15) is 13.2 Å². The number of halogens is 3. The fraction of sp³-hybridized carbons (Fsp3) is 0.360. The SMILES string of the molecule is Cc1cccc(CN2CCC3=C(C2)C(=O)N(Cc2ccccc2C(F)(F)F)C2=NCCN23)c1. The molecule has 2 aromatic carbocycles. The minimum atomic E-state index is -4.48. The fourth-order valence-corrected chi connectivity index (χ4v) is 4.92. The van der Waals surface area contributed by atoms with Crippen LogP contribution in [0.25, 0.3) is 0 Å². The van der Waals surface area contributed by atoms with Crippen LogP contribution in [0.4, 0.5) is 13.2 Å². The first-order valence-electron chi connectivity index (χ1n) is 11.1. The molecule has 33 heavy (non-hydrogen) atoms. The molecular weight excluding hydrogens is 429 g/mol. The van der Waals surface area contributed by atoms with Crippen LogP contribution in [0.2, 0.25) is 0 Å². The zero-order valence-corrected chi connectivity index (χ0v) is 18.4. The van der Waals surface area contributed by atoms with E-state index in [0.717, 1.165) is 31.3 Å².